The van der Waals surface area contributed by atoms with Crippen LogP contribution in [-0.4, -0.2) is 46.0 Å². The third-order valence-electron chi connectivity index (χ3n) is 4.98. The van der Waals surface area contributed by atoms with Crippen LogP contribution in [0.3, 0.4) is 0 Å². The molecule has 0 radical (unpaired) electrons. The molecule has 7 nitrogen and oxygen atoms in total. The van der Waals surface area contributed by atoms with Crippen molar-refractivity contribution in [1.29, 1.82) is 0 Å². The second-order valence-electron chi connectivity index (χ2n) is 6.87. The second kappa shape index (κ2) is 8.63. The van der Waals surface area contributed by atoms with E-state index in [0.717, 1.165) is 27.5 Å². The van der Waals surface area contributed by atoms with Crippen molar-refractivity contribution in [2.75, 3.05) is 12.9 Å². The van der Waals surface area contributed by atoms with E-state index in [0.29, 0.717) is 5.75 Å². The summed E-state index contributed by atoms with van der Waals surface area (Å²) < 4.78 is 10.7. The molecule has 1 saturated heterocycles. The molecule has 1 aromatic carbocycles. The molecule has 1 fully saturated rings. The van der Waals surface area contributed by atoms with Gasteiger partial charge in [0.2, 0.25) is 5.91 Å². The maximum Gasteiger partial charge on any atom is 0.355 e. The summed E-state index contributed by atoms with van der Waals surface area (Å²) in [6.45, 7) is 2.03. The molecule has 0 aliphatic carbocycles. The minimum atomic E-state index is -0.589. The monoisotopic (exact) mass is 443 g/mol. The molecule has 2 N–H and O–H groups in total. The number of nitrogens with two attached hydrogens (primary N) is 1. The molecule has 2 aromatic rings. The van der Waals surface area contributed by atoms with Crippen molar-refractivity contribution in [2.45, 2.75) is 24.9 Å². The largest absolute Gasteiger partial charge is 0.497 e. The molecule has 0 bridgehead atoms. The van der Waals surface area contributed by atoms with Gasteiger partial charge < -0.3 is 15.2 Å². The number of nitrogens with zero attached hydrogens (tertiary/aromatic N) is 2. The Balaban J connectivity index is 1.57. The third kappa shape index (κ3) is 3.88. The quantitative estimate of drug-likeness (QED) is 0.542. The highest BCUT2D eigenvalue weighted by Crippen LogP contribution is 2.40. The fourth-order valence-corrected chi connectivity index (χ4v) is 5.20. The van der Waals surface area contributed by atoms with E-state index < -0.39 is 12.0 Å². The number of hydrogen-bond acceptors (Lipinski definition) is 8. The van der Waals surface area contributed by atoms with Gasteiger partial charge in [0.15, 0.2) is 0 Å². The smallest absolute Gasteiger partial charge is 0.355 e. The summed E-state index contributed by atoms with van der Waals surface area (Å²) in [7, 11) is 1.59. The number of methoxy groups -OCH3 is 1. The Morgan fingerprint density at radius 3 is 2.77 bits per heavy atom. The Kier molecular flexibility index (Phi) is 5.94. The van der Waals surface area contributed by atoms with Crippen LogP contribution in [0.15, 0.2) is 47.1 Å². The number of rotatable bonds is 6. The molecule has 30 heavy (non-hydrogen) atoms. The zero-order chi connectivity index (χ0) is 21.3. The highest BCUT2D eigenvalue weighted by molar-refractivity contribution is 8.00. The summed E-state index contributed by atoms with van der Waals surface area (Å²) in [4.78, 5) is 32.1. The number of ether oxygens (including phenoxy) is 2. The van der Waals surface area contributed by atoms with Gasteiger partial charge in [0.25, 0.3) is 0 Å². The molecule has 2 aliphatic heterocycles. The normalized spacial score (nSPS) is 20.9. The zero-order valence-electron chi connectivity index (χ0n) is 16.5. The number of esters is 1. The number of thiazole rings is 1. The van der Waals surface area contributed by atoms with Crippen LogP contribution in [0.4, 0.5) is 0 Å². The molecule has 1 aromatic heterocycles. The fraction of sp³-hybridized carbons (Fsp3) is 0.286. The van der Waals surface area contributed by atoms with Crippen LogP contribution in [-0.2, 0) is 20.9 Å². The predicted octanol–water partition coefficient (Wildman–Crippen LogP) is 2.71. The van der Waals surface area contributed by atoms with E-state index in [1.165, 1.54) is 16.2 Å². The Morgan fingerprint density at radius 2 is 2.10 bits per heavy atom. The summed E-state index contributed by atoms with van der Waals surface area (Å²) in [5.41, 5.74) is 10.5. The standard InChI is InChI=1S/C21H21N3O4S2/c1-12-16(30-11-23-12)8-5-14-10-29-20-17(22)19(25)24(20)18(14)21(26)28-9-13-3-6-15(27-2)7-4-13/h3-8,11,17,20H,9-10,22H2,1-2H3/t17-,20+/m1/s1. The lowest BCUT2D eigenvalue weighted by atomic mass is 10.0. The average molecular weight is 444 g/mol. The summed E-state index contributed by atoms with van der Waals surface area (Å²) >= 11 is 3.07. The van der Waals surface area contributed by atoms with Gasteiger partial charge in [-0.3, -0.25) is 9.69 Å². The molecular formula is C21H21N3O4S2. The summed E-state index contributed by atoms with van der Waals surface area (Å²) in [5, 5.41) is -0.233. The lowest BCUT2D eigenvalue weighted by Crippen LogP contribution is -2.68. The minimum Gasteiger partial charge on any atom is -0.497 e. The SMILES string of the molecule is COc1ccc(COC(=O)C2=C(C=Cc3scnc3C)CS[C@H]3[C@H](N)C(=O)N23)cc1. The van der Waals surface area contributed by atoms with Crippen molar-refractivity contribution in [3.63, 3.8) is 0 Å². The third-order valence-corrected chi connectivity index (χ3v) is 7.20. The van der Waals surface area contributed by atoms with E-state index in [9.17, 15) is 9.59 Å². The van der Waals surface area contributed by atoms with Crippen molar-refractivity contribution >= 4 is 41.1 Å². The first-order valence-electron chi connectivity index (χ1n) is 9.31. The van der Waals surface area contributed by atoms with Gasteiger partial charge in [-0.1, -0.05) is 18.2 Å². The minimum absolute atomic E-state index is 0.100. The molecule has 3 heterocycles. The van der Waals surface area contributed by atoms with Crippen LogP contribution in [0.25, 0.3) is 6.08 Å². The molecular weight excluding hydrogens is 422 g/mol. The number of aromatic nitrogens is 1. The molecule has 2 aliphatic rings. The van der Waals surface area contributed by atoms with Crippen molar-refractivity contribution < 1.29 is 19.1 Å². The van der Waals surface area contributed by atoms with Crippen molar-refractivity contribution in [2.24, 2.45) is 5.73 Å². The lowest BCUT2D eigenvalue weighted by Gasteiger charge is -2.48. The molecule has 9 heteroatoms. The maximum absolute atomic E-state index is 13.0. The van der Waals surface area contributed by atoms with Gasteiger partial charge in [-0.15, -0.1) is 23.1 Å². The first-order chi connectivity index (χ1) is 14.5. The number of amides is 1. The van der Waals surface area contributed by atoms with Gasteiger partial charge in [-0.25, -0.2) is 9.78 Å². The maximum atomic E-state index is 13.0. The molecule has 156 valence electrons. The summed E-state index contributed by atoms with van der Waals surface area (Å²) in [5.74, 6) is 0.509. The van der Waals surface area contributed by atoms with Crippen LogP contribution in [0.1, 0.15) is 16.1 Å². The Hall–Kier alpha value is -2.62. The van der Waals surface area contributed by atoms with Gasteiger partial charge in [-0.05, 0) is 36.3 Å². The molecule has 0 unspecified atom stereocenters. The Labute approximate surface area is 182 Å². The number of thioether (sulfide) groups is 1. The first kappa shape index (κ1) is 20.6. The Morgan fingerprint density at radius 1 is 1.33 bits per heavy atom. The molecule has 0 saturated carbocycles. The van der Waals surface area contributed by atoms with Crippen LogP contribution in [0, 0.1) is 6.92 Å². The van der Waals surface area contributed by atoms with E-state index in [4.69, 9.17) is 15.2 Å². The van der Waals surface area contributed by atoms with Crippen LogP contribution >= 0.6 is 23.1 Å². The Bertz CT molecular complexity index is 1030. The molecule has 4 rings (SSSR count). The van der Waals surface area contributed by atoms with Crippen molar-refractivity contribution in [1.82, 2.24) is 9.88 Å². The topological polar surface area (TPSA) is 94.7 Å². The van der Waals surface area contributed by atoms with Crippen LogP contribution < -0.4 is 10.5 Å². The number of aryl methyl sites for hydroxylation is 1. The zero-order valence-corrected chi connectivity index (χ0v) is 18.2. The first-order valence-corrected chi connectivity index (χ1v) is 11.2. The average Bonchev–Trinajstić information content (AvgIpc) is 3.19. The summed E-state index contributed by atoms with van der Waals surface area (Å²) in [6, 6.07) is 6.68. The van der Waals surface area contributed by atoms with E-state index in [1.807, 2.05) is 31.2 Å². The number of carbonyl (C=O) groups excluding carboxylic acids is 2. The van der Waals surface area contributed by atoms with E-state index in [2.05, 4.69) is 4.98 Å². The highest BCUT2D eigenvalue weighted by atomic mass is 32.2. The fourth-order valence-electron chi connectivity index (χ4n) is 3.24. The number of hydrogen-bond donors (Lipinski definition) is 1. The van der Waals surface area contributed by atoms with Crippen molar-refractivity contribution in [3.8, 4) is 5.75 Å². The number of fused-ring (bicyclic) bond motifs is 1. The van der Waals surface area contributed by atoms with E-state index >= 15 is 0 Å². The highest BCUT2D eigenvalue weighted by Gasteiger charge is 2.51. The predicted molar refractivity (Wildman–Crippen MR) is 117 cm³/mol. The number of allylic oxidation sites excluding steroid dienone is 1. The molecule has 0 spiro atoms. The van der Waals surface area contributed by atoms with Crippen molar-refractivity contribution in [3.05, 3.63) is 63.3 Å². The van der Waals surface area contributed by atoms with Gasteiger partial charge >= 0.3 is 5.97 Å². The molecule has 2 atom stereocenters. The lowest BCUT2D eigenvalue weighted by molar-refractivity contribution is -0.151. The van der Waals surface area contributed by atoms with Crippen LogP contribution in [0.2, 0.25) is 0 Å². The van der Waals surface area contributed by atoms with Gasteiger partial charge in [0.05, 0.1) is 18.3 Å². The van der Waals surface area contributed by atoms with Gasteiger partial charge in [0, 0.05) is 10.6 Å². The second-order valence-corrected chi connectivity index (χ2v) is 8.86. The van der Waals surface area contributed by atoms with Gasteiger partial charge in [0.1, 0.15) is 29.5 Å². The summed E-state index contributed by atoms with van der Waals surface area (Å²) in [6.07, 6.45) is 3.79. The number of β-lactam (4-membered cyclic amide) rings is 1. The van der Waals surface area contributed by atoms with E-state index in [-0.39, 0.29) is 23.6 Å². The number of carbonyl (C=O) groups is 2. The van der Waals surface area contributed by atoms with Crippen LogP contribution in [0.5, 0.6) is 5.75 Å². The molecule has 1 amide bonds. The van der Waals surface area contributed by atoms with Gasteiger partial charge in [-0.2, -0.15) is 0 Å². The van der Waals surface area contributed by atoms with E-state index in [1.54, 1.807) is 36.5 Å². The number of benzene rings is 1.